The molecule has 0 aromatic carbocycles. The van der Waals surface area contributed by atoms with E-state index in [2.05, 4.69) is 9.97 Å². The van der Waals surface area contributed by atoms with Crippen molar-refractivity contribution in [2.75, 3.05) is 6.61 Å². The molecule has 0 aliphatic carbocycles. The van der Waals surface area contributed by atoms with Crippen LogP contribution in [-0.4, -0.2) is 28.8 Å². The number of rotatable bonds is 2. The molecule has 0 spiro atoms. The van der Waals surface area contributed by atoms with E-state index in [0.29, 0.717) is 23.7 Å². The van der Waals surface area contributed by atoms with Crippen molar-refractivity contribution in [2.24, 2.45) is 0 Å². The van der Waals surface area contributed by atoms with Crippen LogP contribution in [0.3, 0.4) is 0 Å². The Bertz CT molecular complexity index is 466. The van der Waals surface area contributed by atoms with Gasteiger partial charge < -0.3 is 9.14 Å². The van der Waals surface area contributed by atoms with Crippen molar-refractivity contribution in [2.45, 2.75) is 13.8 Å². The summed E-state index contributed by atoms with van der Waals surface area (Å²) in [5.74, 6) is 0.487. The summed E-state index contributed by atoms with van der Waals surface area (Å²) in [6.07, 6.45) is 3.60. The Kier molecular flexibility index (Phi) is 2.15. The summed E-state index contributed by atoms with van der Waals surface area (Å²) >= 11 is 0. The molecule has 0 amide bonds. The van der Waals surface area contributed by atoms with Gasteiger partial charge in [-0.3, -0.25) is 0 Å². The summed E-state index contributed by atoms with van der Waals surface area (Å²) < 4.78 is 7.16. The zero-order valence-corrected chi connectivity index (χ0v) is 8.19. The van der Waals surface area contributed by atoms with Gasteiger partial charge in [-0.1, -0.05) is 0 Å². The highest BCUT2D eigenvalue weighted by Gasteiger charge is 2.07. The molecule has 2 aromatic heterocycles. The summed E-state index contributed by atoms with van der Waals surface area (Å²) in [5, 5.41) is 0. The Balaban J connectivity index is 2.66. The van der Waals surface area contributed by atoms with Crippen LogP contribution >= 0.6 is 0 Å². The van der Waals surface area contributed by atoms with Crippen molar-refractivity contribution in [1.82, 2.24) is 14.4 Å². The van der Waals surface area contributed by atoms with Gasteiger partial charge in [-0.05, 0) is 13.8 Å². The minimum absolute atomic E-state index is 0.429. The molecular weight excluding hydrogens is 177 g/mol. The molecule has 0 atom stereocenters. The minimum Gasteiger partial charge on any atom is -0.475 e. The van der Waals surface area contributed by atoms with E-state index >= 15 is 0 Å². The number of ether oxygens (including phenoxy) is 1. The van der Waals surface area contributed by atoms with Gasteiger partial charge in [-0.2, -0.15) is 0 Å². The molecule has 70 valence electrons. The molecule has 0 aliphatic rings. The largest absolute Gasteiger partial charge is 0.475 e. The average Bonchev–Trinajstić information content (AvgIpc) is 2.45. The van der Waals surface area contributed by atoms with Gasteiger partial charge in [0.05, 0.1) is 12.3 Å². The van der Waals surface area contributed by atoms with Crippen molar-refractivity contribution in [3.63, 3.8) is 0 Å². The third-order valence-electron chi connectivity index (χ3n) is 1.83. The Morgan fingerprint density at radius 2 is 2.21 bits per heavy atom. The first kappa shape index (κ1) is 9.06. The van der Waals surface area contributed by atoms with Crippen molar-refractivity contribution in [3.05, 3.63) is 18.1 Å². The van der Waals surface area contributed by atoms with E-state index in [4.69, 9.17) is 12.6 Å². The van der Waals surface area contributed by atoms with E-state index in [0.717, 1.165) is 5.69 Å². The predicted molar refractivity (Wildman–Crippen MR) is 54.3 cm³/mol. The molecule has 5 heteroatoms. The van der Waals surface area contributed by atoms with Crippen LogP contribution in [0.2, 0.25) is 0 Å². The summed E-state index contributed by atoms with van der Waals surface area (Å²) in [5.41, 5.74) is 2.05. The molecule has 2 rings (SSSR count). The van der Waals surface area contributed by atoms with Crippen LogP contribution in [0, 0.1) is 6.92 Å². The van der Waals surface area contributed by atoms with Crippen LogP contribution in [0.15, 0.2) is 12.4 Å². The molecule has 2 aromatic rings. The van der Waals surface area contributed by atoms with Gasteiger partial charge in [0.2, 0.25) is 5.65 Å². The van der Waals surface area contributed by atoms with Crippen LogP contribution < -0.4 is 10.3 Å². The molecule has 0 N–H and O–H groups in total. The normalized spacial score (nSPS) is 10.7. The molecule has 14 heavy (non-hydrogen) atoms. The van der Waals surface area contributed by atoms with E-state index in [1.165, 1.54) is 0 Å². The first-order valence-corrected chi connectivity index (χ1v) is 4.45. The Morgan fingerprint density at radius 1 is 1.43 bits per heavy atom. The summed E-state index contributed by atoms with van der Waals surface area (Å²) in [6, 6.07) is 0. The van der Waals surface area contributed by atoms with Crippen molar-refractivity contribution in [1.29, 1.82) is 0 Å². The van der Waals surface area contributed by atoms with Gasteiger partial charge in [-0.15, -0.1) is 0 Å². The van der Waals surface area contributed by atoms with Gasteiger partial charge in [0, 0.05) is 18.0 Å². The Hall–Kier alpha value is -1.52. The zero-order chi connectivity index (χ0) is 10.1. The van der Waals surface area contributed by atoms with Crippen LogP contribution in [0.4, 0.5) is 0 Å². The van der Waals surface area contributed by atoms with Crippen LogP contribution in [0.5, 0.6) is 5.88 Å². The summed E-state index contributed by atoms with van der Waals surface area (Å²) in [6.45, 7) is 4.37. The third kappa shape index (κ3) is 1.45. The lowest BCUT2D eigenvalue weighted by molar-refractivity contribution is 0.330. The molecule has 0 saturated heterocycles. The summed E-state index contributed by atoms with van der Waals surface area (Å²) in [4.78, 5) is 8.37. The second kappa shape index (κ2) is 3.33. The predicted octanol–water partition coefficient (Wildman–Crippen LogP) is 0.230. The van der Waals surface area contributed by atoms with Crippen molar-refractivity contribution >= 4 is 19.1 Å². The summed E-state index contributed by atoms with van der Waals surface area (Å²) in [7, 11) is 5.62. The minimum atomic E-state index is 0.429. The molecule has 0 unspecified atom stereocenters. The smallest absolute Gasteiger partial charge is 0.257 e. The first-order valence-electron chi connectivity index (χ1n) is 4.45. The first-order chi connectivity index (χ1) is 6.70. The number of imidazole rings is 1. The fraction of sp³-hybridized carbons (Fsp3) is 0.333. The maximum Gasteiger partial charge on any atom is 0.257 e. The topological polar surface area (TPSA) is 39.4 Å². The monoisotopic (exact) mass is 187 g/mol. The lowest BCUT2D eigenvalue weighted by Crippen LogP contribution is -2.13. The standard InChI is InChI=1S/C9H10BN3O/c1-3-14-9-8-11-6(2)4-13(8)5-7(10)12-9/h4-5H,3H2,1-2H3. The second-order valence-electron chi connectivity index (χ2n) is 3.02. The fourth-order valence-corrected chi connectivity index (χ4v) is 1.34. The highest BCUT2D eigenvalue weighted by molar-refractivity contribution is 6.30. The number of nitrogens with zero attached hydrogens (tertiary/aromatic N) is 3. The quantitative estimate of drug-likeness (QED) is 0.631. The molecule has 2 radical (unpaired) electrons. The highest BCUT2D eigenvalue weighted by Crippen LogP contribution is 2.14. The maximum atomic E-state index is 5.62. The highest BCUT2D eigenvalue weighted by atomic mass is 16.5. The van der Waals surface area contributed by atoms with Gasteiger partial charge >= 0.3 is 0 Å². The molecular formula is C9H10BN3O. The zero-order valence-electron chi connectivity index (χ0n) is 8.19. The lowest BCUT2D eigenvalue weighted by Gasteiger charge is -2.04. The van der Waals surface area contributed by atoms with Crippen molar-refractivity contribution in [3.8, 4) is 5.88 Å². The number of aromatic nitrogens is 3. The number of aryl methyl sites for hydroxylation is 1. The molecule has 0 bridgehead atoms. The van der Waals surface area contributed by atoms with Crippen molar-refractivity contribution < 1.29 is 4.74 Å². The number of hydrogen-bond donors (Lipinski definition) is 0. The van der Waals surface area contributed by atoms with Gasteiger partial charge in [0.1, 0.15) is 7.85 Å². The molecule has 4 nitrogen and oxygen atoms in total. The average molecular weight is 187 g/mol. The fourth-order valence-electron chi connectivity index (χ4n) is 1.34. The van der Waals surface area contributed by atoms with Gasteiger partial charge in [0.15, 0.2) is 0 Å². The van der Waals surface area contributed by atoms with E-state index in [1.54, 1.807) is 6.20 Å². The van der Waals surface area contributed by atoms with Gasteiger partial charge in [0.25, 0.3) is 5.88 Å². The number of hydrogen-bond acceptors (Lipinski definition) is 3. The van der Waals surface area contributed by atoms with E-state index in [-0.39, 0.29) is 0 Å². The number of fused-ring (bicyclic) bond motifs is 1. The second-order valence-corrected chi connectivity index (χ2v) is 3.02. The molecule has 0 saturated carbocycles. The molecule has 0 aliphatic heterocycles. The molecule has 0 fully saturated rings. The van der Waals surface area contributed by atoms with E-state index in [9.17, 15) is 0 Å². The van der Waals surface area contributed by atoms with E-state index < -0.39 is 0 Å². The maximum absolute atomic E-state index is 5.62. The lowest BCUT2D eigenvalue weighted by atomic mass is 10.1. The Labute approximate surface area is 83.3 Å². The molecule has 2 heterocycles. The van der Waals surface area contributed by atoms with Gasteiger partial charge in [-0.25, -0.2) is 9.97 Å². The van der Waals surface area contributed by atoms with Crippen LogP contribution in [0.1, 0.15) is 12.6 Å². The SMILES string of the molecule is [B]c1cn2cc(C)nc2c(OCC)n1. The van der Waals surface area contributed by atoms with Crippen LogP contribution in [0.25, 0.3) is 5.65 Å². The van der Waals surface area contributed by atoms with Crippen LogP contribution in [-0.2, 0) is 0 Å². The third-order valence-corrected chi connectivity index (χ3v) is 1.83. The Morgan fingerprint density at radius 3 is 2.93 bits per heavy atom. The van der Waals surface area contributed by atoms with E-state index in [1.807, 2.05) is 24.4 Å².